The van der Waals surface area contributed by atoms with Gasteiger partial charge in [0.1, 0.15) is 0 Å². The third-order valence-corrected chi connectivity index (χ3v) is 20.7. The Morgan fingerprint density at radius 3 is 1.29 bits per heavy atom. The van der Waals surface area contributed by atoms with Crippen LogP contribution in [-0.4, -0.2) is 27.6 Å². The average molecular weight is 991 g/mol. The van der Waals surface area contributed by atoms with Crippen LogP contribution < -0.4 is 20.7 Å². The first-order chi connectivity index (χ1) is 37.2. The van der Waals surface area contributed by atoms with Crippen molar-refractivity contribution in [3.05, 3.63) is 279 Å². The zero-order valence-corrected chi connectivity index (χ0v) is 42.6. The fourth-order valence-corrected chi connectivity index (χ4v) is 17.2. The number of thiophene rings is 1. The third kappa shape index (κ3) is 7.78. The van der Waals surface area contributed by atoms with Crippen LogP contribution in [0.4, 0.5) is 0 Å². The van der Waals surface area contributed by atoms with Crippen molar-refractivity contribution in [2.45, 2.75) is 0 Å². The van der Waals surface area contributed by atoms with Crippen LogP contribution in [0, 0.1) is 0 Å². The topological polar surface area (TPSA) is 43.6 Å². The molecule has 14 rings (SSSR count). The van der Waals surface area contributed by atoms with Crippen molar-refractivity contribution in [2.75, 3.05) is 0 Å². The molecular formula is C69H46N4SSi. The molecule has 352 valence electrons. The van der Waals surface area contributed by atoms with Gasteiger partial charge in [0, 0.05) is 42.1 Å². The zero-order chi connectivity index (χ0) is 49.7. The smallest absolute Gasteiger partial charge is 0.238 e. The van der Waals surface area contributed by atoms with E-state index in [9.17, 15) is 0 Å². The van der Waals surface area contributed by atoms with E-state index >= 15 is 0 Å². The minimum Gasteiger partial charge on any atom is -0.278 e. The molecule has 0 radical (unpaired) electrons. The van der Waals surface area contributed by atoms with Crippen molar-refractivity contribution in [1.29, 1.82) is 0 Å². The number of nitrogens with zero attached hydrogens (tertiary/aromatic N) is 4. The van der Waals surface area contributed by atoms with Gasteiger partial charge in [-0.2, -0.15) is 9.97 Å². The van der Waals surface area contributed by atoms with E-state index in [-0.39, 0.29) is 0 Å². The molecule has 0 bridgehead atoms. The summed E-state index contributed by atoms with van der Waals surface area (Å²) < 4.78 is 4.71. The SMILES string of the molecule is c1ccc(-c2cccc([Si](c3ccccc3)(c3cccc(-c4ccccc4)c3)c3cccc(-c4nc(-c5ccc6sc7ccccc7c6c5)nc(-n5c6ccccc6c6cc(-c7ccccc7)ccc65)n4)c3)c2)cc1. The Balaban J connectivity index is 1.03. The molecule has 0 amide bonds. The van der Waals surface area contributed by atoms with Crippen molar-refractivity contribution < 1.29 is 0 Å². The van der Waals surface area contributed by atoms with Crippen LogP contribution in [0.15, 0.2) is 279 Å². The molecule has 14 aromatic rings. The Morgan fingerprint density at radius 1 is 0.267 bits per heavy atom. The molecule has 0 aliphatic rings. The maximum Gasteiger partial charge on any atom is 0.238 e. The molecule has 4 nitrogen and oxygen atoms in total. The predicted molar refractivity (Wildman–Crippen MR) is 318 cm³/mol. The minimum atomic E-state index is -3.17. The van der Waals surface area contributed by atoms with E-state index in [2.05, 4.69) is 284 Å². The van der Waals surface area contributed by atoms with E-state index in [1.807, 2.05) is 11.3 Å². The molecule has 0 spiro atoms. The Labute approximate surface area is 440 Å². The van der Waals surface area contributed by atoms with Crippen molar-refractivity contribution in [1.82, 2.24) is 19.5 Å². The maximum absolute atomic E-state index is 5.56. The Bertz CT molecular complexity index is 4330. The van der Waals surface area contributed by atoms with E-state index in [0.717, 1.165) is 38.5 Å². The highest BCUT2D eigenvalue weighted by Gasteiger charge is 2.42. The summed E-state index contributed by atoms with van der Waals surface area (Å²) in [7, 11) is -3.17. The molecule has 3 heterocycles. The van der Waals surface area contributed by atoms with Crippen LogP contribution in [-0.2, 0) is 0 Å². The summed E-state index contributed by atoms with van der Waals surface area (Å²) in [4.78, 5) is 16.5. The molecule has 75 heavy (non-hydrogen) atoms. The van der Waals surface area contributed by atoms with Crippen LogP contribution in [0.25, 0.3) is 104 Å². The summed E-state index contributed by atoms with van der Waals surface area (Å²) >= 11 is 1.81. The minimum absolute atomic E-state index is 0.562. The normalized spacial score (nSPS) is 11.7. The predicted octanol–water partition coefficient (Wildman–Crippen LogP) is 15.0. The van der Waals surface area contributed by atoms with Gasteiger partial charge in [-0.3, -0.25) is 4.57 Å². The van der Waals surface area contributed by atoms with Gasteiger partial charge in [0.2, 0.25) is 5.95 Å². The second-order valence-corrected chi connectivity index (χ2v) is 24.0. The number of hydrogen-bond acceptors (Lipinski definition) is 4. The summed E-state index contributed by atoms with van der Waals surface area (Å²) in [5, 5.41) is 9.77. The monoisotopic (exact) mass is 990 g/mol. The van der Waals surface area contributed by atoms with Crippen LogP contribution in [0.2, 0.25) is 0 Å². The molecule has 0 N–H and O–H groups in total. The molecule has 0 saturated carbocycles. The van der Waals surface area contributed by atoms with Gasteiger partial charge in [-0.05, 0) is 96.6 Å². The maximum atomic E-state index is 5.56. The van der Waals surface area contributed by atoms with Crippen LogP contribution >= 0.6 is 11.3 Å². The highest BCUT2D eigenvalue weighted by atomic mass is 32.1. The lowest BCUT2D eigenvalue weighted by atomic mass is 10.0. The lowest BCUT2D eigenvalue weighted by molar-refractivity contribution is 0.954. The standard InChI is InChI=1S/C69H46N4SSi/c1-5-20-47(21-6-1)50-26-17-31-56(42-50)75(55-29-11-4-12-30-55,57-32-18-27-51(43-57)48-22-7-2-8-23-48)58-33-19-28-53(44-58)67-70-68(54-39-41-66-62(46-54)60-35-14-16-37-65(60)74-66)72-69(71-67)73-63-36-15-13-34-59(63)61-45-52(38-40-64(61)73)49-24-9-3-10-25-49/h1-46H. The molecule has 11 aromatic carbocycles. The van der Waals surface area contributed by atoms with Gasteiger partial charge in [0.05, 0.1) is 11.0 Å². The zero-order valence-electron chi connectivity index (χ0n) is 40.8. The molecule has 3 aromatic heterocycles. The molecular weight excluding hydrogens is 945 g/mol. The Hall–Kier alpha value is -9.33. The highest BCUT2D eigenvalue weighted by molar-refractivity contribution is 7.25. The van der Waals surface area contributed by atoms with Crippen molar-refractivity contribution in [2.24, 2.45) is 0 Å². The number of hydrogen-bond donors (Lipinski definition) is 0. The Morgan fingerprint density at radius 2 is 0.680 bits per heavy atom. The summed E-state index contributed by atoms with van der Waals surface area (Å²) in [5.74, 6) is 1.78. The summed E-state index contributed by atoms with van der Waals surface area (Å²) in [5.41, 5.74) is 11.0. The van der Waals surface area contributed by atoms with Gasteiger partial charge >= 0.3 is 0 Å². The first-order valence-electron chi connectivity index (χ1n) is 25.4. The van der Waals surface area contributed by atoms with E-state index in [1.165, 1.54) is 68.7 Å². The van der Waals surface area contributed by atoms with Gasteiger partial charge in [-0.25, -0.2) is 4.98 Å². The first-order valence-corrected chi connectivity index (χ1v) is 28.2. The van der Waals surface area contributed by atoms with E-state index in [4.69, 9.17) is 15.0 Å². The number of fused-ring (bicyclic) bond motifs is 6. The average Bonchev–Trinajstić information content (AvgIpc) is 4.05. The molecule has 0 unspecified atom stereocenters. The van der Waals surface area contributed by atoms with Crippen LogP contribution in [0.3, 0.4) is 0 Å². The quantitative estimate of drug-likeness (QED) is 0.101. The summed E-state index contributed by atoms with van der Waals surface area (Å²) in [6.45, 7) is 0. The second-order valence-electron chi connectivity index (χ2n) is 19.1. The second kappa shape index (κ2) is 18.6. The largest absolute Gasteiger partial charge is 0.278 e. The van der Waals surface area contributed by atoms with Gasteiger partial charge in [0.25, 0.3) is 0 Å². The van der Waals surface area contributed by atoms with Crippen molar-refractivity contribution in [3.8, 4) is 62.1 Å². The van der Waals surface area contributed by atoms with Crippen molar-refractivity contribution in [3.63, 3.8) is 0 Å². The van der Waals surface area contributed by atoms with E-state index in [1.54, 1.807) is 0 Å². The van der Waals surface area contributed by atoms with Gasteiger partial charge < -0.3 is 0 Å². The van der Waals surface area contributed by atoms with E-state index < -0.39 is 8.07 Å². The van der Waals surface area contributed by atoms with Gasteiger partial charge in [-0.1, -0.05) is 237 Å². The lowest BCUT2D eigenvalue weighted by Gasteiger charge is -2.35. The molecule has 0 aliphatic carbocycles. The number of benzene rings is 11. The molecule has 6 heteroatoms. The van der Waals surface area contributed by atoms with Gasteiger partial charge in [0.15, 0.2) is 19.7 Å². The first kappa shape index (κ1) is 44.4. The number of rotatable bonds is 10. The third-order valence-electron chi connectivity index (χ3n) is 14.8. The molecule has 0 saturated heterocycles. The van der Waals surface area contributed by atoms with Crippen LogP contribution in [0.5, 0.6) is 0 Å². The van der Waals surface area contributed by atoms with Crippen LogP contribution in [0.1, 0.15) is 0 Å². The molecule has 0 fully saturated rings. The van der Waals surface area contributed by atoms with E-state index in [0.29, 0.717) is 17.6 Å². The lowest BCUT2D eigenvalue weighted by Crippen LogP contribution is -2.74. The van der Waals surface area contributed by atoms with Gasteiger partial charge in [-0.15, -0.1) is 11.3 Å². The number of aromatic nitrogens is 4. The summed E-state index contributed by atoms with van der Waals surface area (Å²) in [6.07, 6.45) is 0. The Kier molecular flexibility index (Phi) is 11.0. The number of para-hydroxylation sites is 1. The van der Waals surface area contributed by atoms with Crippen molar-refractivity contribution >= 4 is 82.1 Å². The highest BCUT2D eigenvalue weighted by Crippen LogP contribution is 2.38. The fourth-order valence-electron chi connectivity index (χ4n) is 11.3. The molecule has 0 atom stereocenters. The molecule has 0 aliphatic heterocycles. The summed E-state index contributed by atoms with van der Waals surface area (Å²) in [6, 6.07) is 101. The fraction of sp³-hybridized carbons (Fsp3) is 0.